The van der Waals surface area contributed by atoms with Gasteiger partial charge in [0.25, 0.3) is 0 Å². The fourth-order valence-corrected chi connectivity index (χ4v) is 3.49. The van der Waals surface area contributed by atoms with Gasteiger partial charge in [0.2, 0.25) is 0 Å². The van der Waals surface area contributed by atoms with Crippen LogP contribution in [0.2, 0.25) is 0 Å². The Morgan fingerprint density at radius 3 is 3.10 bits per heavy atom. The molecular weight excluding hydrogens is 266 g/mol. The fraction of sp³-hybridized carbons (Fsp3) is 0.647. The van der Waals surface area contributed by atoms with E-state index in [9.17, 15) is 0 Å². The van der Waals surface area contributed by atoms with E-state index in [2.05, 4.69) is 12.1 Å². The van der Waals surface area contributed by atoms with Crippen molar-refractivity contribution in [2.24, 2.45) is 11.7 Å². The lowest BCUT2D eigenvalue weighted by Crippen LogP contribution is -2.43. The highest BCUT2D eigenvalue weighted by Crippen LogP contribution is 2.40. The molecule has 0 aliphatic carbocycles. The van der Waals surface area contributed by atoms with Crippen LogP contribution >= 0.6 is 0 Å². The topological polar surface area (TPSA) is 53.7 Å². The van der Waals surface area contributed by atoms with Crippen LogP contribution in [0, 0.1) is 5.92 Å². The number of hydrogen-bond acceptors (Lipinski definition) is 4. The second-order valence-corrected chi connectivity index (χ2v) is 6.12. The van der Waals surface area contributed by atoms with Crippen LogP contribution in [0.15, 0.2) is 24.3 Å². The molecule has 0 radical (unpaired) electrons. The first-order chi connectivity index (χ1) is 10.2. The molecule has 2 N–H and O–H groups in total. The third-order valence-electron chi connectivity index (χ3n) is 4.66. The predicted octanol–water partition coefficient (Wildman–Crippen LogP) is 2.67. The van der Waals surface area contributed by atoms with Crippen LogP contribution < -0.4 is 10.5 Å². The summed E-state index contributed by atoms with van der Waals surface area (Å²) < 4.78 is 17.1. The zero-order valence-electron chi connectivity index (χ0n) is 12.7. The largest absolute Gasteiger partial charge is 0.494 e. The first-order valence-corrected chi connectivity index (χ1v) is 7.92. The molecule has 2 aliphatic heterocycles. The molecule has 1 aromatic rings. The van der Waals surface area contributed by atoms with Crippen molar-refractivity contribution in [2.75, 3.05) is 26.4 Å². The molecule has 4 heteroatoms. The zero-order chi connectivity index (χ0) is 14.7. The van der Waals surface area contributed by atoms with Crippen molar-refractivity contribution >= 4 is 0 Å². The Hall–Kier alpha value is -1.10. The Bertz CT molecular complexity index is 471. The summed E-state index contributed by atoms with van der Waals surface area (Å²) in [7, 11) is 0. The van der Waals surface area contributed by atoms with Gasteiger partial charge >= 0.3 is 0 Å². The molecule has 0 bridgehead atoms. The molecule has 0 aromatic heterocycles. The zero-order valence-corrected chi connectivity index (χ0v) is 12.7. The summed E-state index contributed by atoms with van der Waals surface area (Å²) in [6, 6.07) is 8.21. The van der Waals surface area contributed by atoms with Gasteiger partial charge in [-0.15, -0.1) is 0 Å². The number of rotatable bonds is 4. The van der Waals surface area contributed by atoms with Crippen molar-refractivity contribution in [3.63, 3.8) is 0 Å². The van der Waals surface area contributed by atoms with E-state index >= 15 is 0 Å². The van der Waals surface area contributed by atoms with Gasteiger partial charge in [0, 0.05) is 25.7 Å². The van der Waals surface area contributed by atoms with Gasteiger partial charge in [-0.3, -0.25) is 0 Å². The van der Waals surface area contributed by atoms with Gasteiger partial charge in [0.05, 0.1) is 18.8 Å². The number of ether oxygens (including phenoxy) is 3. The van der Waals surface area contributed by atoms with Crippen LogP contribution in [-0.4, -0.2) is 32.0 Å². The third kappa shape index (κ3) is 3.23. The maximum absolute atomic E-state index is 6.53. The lowest BCUT2D eigenvalue weighted by molar-refractivity contribution is -0.101. The van der Waals surface area contributed by atoms with Gasteiger partial charge in [0.15, 0.2) is 0 Å². The molecule has 0 amide bonds. The Kier molecular flexibility index (Phi) is 4.48. The molecule has 2 saturated heterocycles. The summed E-state index contributed by atoms with van der Waals surface area (Å²) in [5.41, 5.74) is 7.60. The summed E-state index contributed by atoms with van der Waals surface area (Å²) in [5.74, 6) is 1.34. The SMILES string of the molecule is CCOc1cccc(C(N)C2CCOC3(CCOC3)C2)c1. The van der Waals surface area contributed by atoms with Crippen molar-refractivity contribution in [1.82, 2.24) is 0 Å². The number of nitrogens with two attached hydrogens (primary N) is 1. The molecule has 1 spiro atoms. The van der Waals surface area contributed by atoms with E-state index in [0.717, 1.165) is 50.4 Å². The van der Waals surface area contributed by atoms with E-state index in [1.807, 2.05) is 19.1 Å². The highest BCUT2D eigenvalue weighted by molar-refractivity contribution is 5.31. The summed E-state index contributed by atoms with van der Waals surface area (Å²) in [4.78, 5) is 0. The third-order valence-corrected chi connectivity index (χ3v) is 4.66. The molecule has 3 rings (SSSR count). The maximum Gasteiger partial charge on any atom is 0.119 e. The minimum absolute atomic E-state index is 0.0341. The molecule has 21 heavy (non-hydrogen) atoms. The van der Waals surface area contributed by atoms with E-state index in [-0.39, 0.29) is 11.6 Å². The predicted molar refractivity (Wildman–Crippen MR) is 81.4 cm³/mol. The Morgan fingerprint density at radius 1 is 1.43 bits per heavy atom. The molecule has 3 unspecified atom stereocenters. The van der Waals surface area contributed by atoms with Crippen LogP contribution in [0.4, 0.5) is 0 Å². The lowest BCUT2D eigenvalue weighted by Gasteiger charge is -2.39. The Morgan fingerprint density at radius 2 is 2.33 bits per heavy atom. The van der Waals surface area contributed by atoms with Gasteiger partial charge < -0.3 is 19.9 Å². The molecule has 116 valence electrons. The molecule has 2 heterocycles. The monoisotopic (exact) mass is 291 g/mol. The van der Waals surface area contributed by atoms with E-state index in [0.29, 0.717) is 12.5 Å². The van der Waals surface area contributed by atoms with Crippen LogP contribution in [0.5, 0.6) is 5.75 Å². The van der Waals surface area contributed by atoms with Crippen molar-refractivity contribution in [3.8, 4) is 5.75 Å². The molecule has 4 nitrogen and oxygen atoms in total. The fourth-order valence-electron chi connectivity index (χ4n) is 3.49. The van der Waals surface area contributed by atoms with Crippen molar-refractivity contribution in [3.05, 3.63) is 29.8 Å². The smallest absolute Gasteiger partial charge is 0.119 e. The Balaban J connectivity index is 1.72. The van der Waals surface area contributed by atoms with E-state index in [1.165, 1.54) is 0 Å². The summed E-state index contributed by atoms with van der Waals surface area (Å²) in [6.07, 6.45) is 3.00. The minimum atomic E-state index is -0.0853. The second kappa shape index (κ2) is 6.34. The van der Waals surface area contributed by atoms with Crippen molar-refractivity contribution in [1.29, 1.82) is 0 Å². The molecule has 1 aromatic carbocycles. The normalized spacial score (nSPS) is 30.5. The highest BCUT2D eigenvalue weighted by Gasteiger charge is 2.42. The van der Waals surface area contributed by atoms with Gasteiger partial charge in [-0.2, -0.15) is 0 Å². The maximum atomic E-state index is 6.53. The van der Waals surface area contributed by atoms with Crippen LogP contribution in [0.3, 0.4) is 0 Å². The summed E-state index contributed by atoms with van der Waals surface area (Å²) >= 11 is 0. The first kappa shape index (κ1) is 14.8. The number of hydrogen-bond donors (Lipinski definition) is 1. The quantitative estimate of drug-likeness (QED) is 0.926. The average molecular weight is 291 g/mol. The Labute approximate surface area is 126 Å². The van der Waals surface area contributed by atoms with Crippen LogP contribution in [0.1, 0.15) is 37.8 Å². The van der Waals surface area contributed by atoms with Gasteiger partial charge in [-0.25, -0.2) is 0 Å². The summed E-state index contributed by atoms with van der Waals surface area (Å²) in [5, 5.41) is 0. The molecular formula is C17H25NO3. The molecule has 2 fully saturated rings. The number of benzene rings is 1. The van der Waals surface area contributed by atoms with E-state index in [4.69, 9.17) is 19.9 Å². The van der Waals surface area contributed by atoms with Crippen LogP contribution in [-0.2, 0) is 9.47 Å². The van der Waals surface area contributed by atoms with Crippen LogP contribution in [0.25, 0.3) is 0 Å². The van der Waals surface area contributed by atoms with E-state index in [1.54, 1.807) is 0 Å². The molecule has 3 atom stereocenters. The van der Waals surface area contributed by atoms with Gasteiger partial charge in [0.1, 0.15) is 5.75 Å². The van der Waals surface area contributed by atoms with Gasteiger partial charge in [-0.1, -0.05) is 12.1 Å². The highest BCUT2D eigenvalue weighted by atomic mass is 16.6. The average Bonchev–Trinajstić information content (AvgIpc) is 2.95. The second-order valence-electron chi connectivity index (χ2n) is 6.12. The summed E-state index contributed by atoms with van der Waals surface area (Å²) in [6.45, 7) is 4.98. The van der Waals surface area contributed by atoms with Crippen molar-refractivity contribution < 1.29 is 14.2 Å². The first-order valence-electron chi connectivity index (χ1n) is 7.92. The molecule has 0 saturated carbocycles. The lowest BCUT2D eigenvalue weighted by atomic mass is 9.79. The minimum Gasteiger partial charge on any atom is -0.494 e. The standard InChI is InChI=1S/C17H25NO3/c1-2-20-15-5-3-4-13(10-15)16(18)14-6-8-21-17(11-14)7-9-19-12-17/h3-5,10,14,16H,2,6-9,11-12,18H2,1H3. The van der Waals surface area contributed by atoms with Crippen molar-refractivity contribution in [2.45, 2.75) is 37.8 Å². The van der Waals surface area contributed by atoms with E-state index < -0.39 is 0 Å². The molecule has 2 aliphatic rings. The van der Waals surface area contributed by atoms with Gasteiger partial charge in [-0.05, 0) is 43.4 Å².